The van der Waals surface area contributed by atoms with Gasteiger partial charge in [-0.25, -0.2) is 13.7 Å². The van der Waals surface area contributed by atoms with E-state index < -0.39 is 23.4 Å². The summed E-state index contributed by atoms with van der Waals surface area (Å²) in [7, 11) is 0. The molecule has 0 radical (unpaired) electrons. The van der Waals surface area contributed by atoms with Gasteiger partial charge in [0.2, 0.25) is 0 Å². The molecular formula is C32H30ClFN4O3. The quantitative estimate of drug-likeness (QED) is 0.112. The third-order valence-electron chi connectivity index (χ3n) is 6.89. The Morgan fingerprint density at radius 2 is 1.83 bits per heavy atom. The first-order valence-corrected chi connectivity index (χ1v) is 13.9. The second-order valence-corrected chi connectivity index (χ2v) is 10.4. The van der Waals surface area contributed by atoms with Crippen LogP contribution in [0.25, 0.3) is 28.0 Å². The molecule has 0 aliphatic heterocycles. The van der Waals surface area contributed by atoms with Crippen molar-refractivity contribution >= 4 is 23.2 Å². The molecule has 0 aliphatic rings. The molecule has 9 heteroatoms. The lowest BCUT2D eigenvalue weighted by Gasteiger charge is -2.14. The van der Waals surface area contributed by atoms with Crippen LogP contribution in [0.15, 0.2) is 83.7 Å². The van der Waals surface area contributed by atoms with Crippen molar-refractivity contribution in [2.24, 2.45) is 5.73 Å². The van der Waals surface area contributed by atoms with Gasteiger partial charge in [0.15, 0.2) is 0 Å². The van der Waals surface area contributed by atoms with Crippen molar-refractivity contribution in [3.8, 4) is 28.1 Å². The molecule has 0 fully saturated rings. The molecule has 0 amide bonds. The molecule has 2 heterocycles. The third kappa shape index (κ3) is 6.39. The number of aromatic nitrogens is 3. The topological polar surface area (TPSA) is 102 Å². The minimum absolute atomic E-state index is 0.0407. The second kappa shape index (κ2) is 12.5. The summed E-state index contributed by atoms with van der Waals surface area (Å²) in [6.45, 7) is 2.06. The first-order chi connectivity index (χ1) is 19.8. The Kier molecular flexibility index (Phi) is 8.61. The number of carbonyl (C=O) groups excluding carboxylic acids is 1. The molecule has 0 bridgehead atoms. The number of ether oxygens (including phenoxy) is 1. The Morgan fingerprint density at radius 1 is 1.07 bits per heavy atom. The standard InChI is InChI=1S/C32H30ClFN4O3/c1-2-3-5-10-25(35)32(40)41-28-18-23(34)15-16-24(28)27-19-29(39)36-31-30(21-11-13-22(33)14-12-21)26(37-38(27)31)17-20-8-6-4-7-9-20/h4,6-9,11-16,18-19,25H,2-3,5,10,17,35H2,1H3,(H,36,39)/t25-/m0/s1. The van der Waals surface area contributed by atoms with Gasteiger partial charge in [-0.1, -0.05) is 80.3 Å². The predicted molar refractivity (Wildman–Crippen MR) is 159 cm³/mol. The number of rotatable bonds is 10. The molecule has 5 aromatic rings. The van der Waals surface area contributed by atoms with Gasteiger partial charge in [-0.05, 0) is 41.8 Å². The average molecular weight is 573 g/mol. The van der Waals surface area contributed by atoms with Crippen molar-refractivity contribution in [3.63, 3.8) is 0 Å². The molecule has 3 N–H and O–H groups in total. The maximum Gasteiger partial charge on any atom is 0.328 e. The summed E-state index contributed by atoms with van der Waals surface area (Å²) in [5.74, 6) is -1.30. The minimum Gasteiger partial charge on any atom is -0.425 e. The van der Waals surface area contributed by atoms with Gasteiger partial charge in [0.1, 0.15) is 23.3 Å². The first kappa shape index (κ1) is 28.3. The number of halogens is 2. The fraction of sp³-hybridized carbons (Fsp3) is 0.219. The van der Waals surface area contributed by atoms with Gasteiger partial charge in [0.05, 0.1) is 11.4 Å². The van der Waals surface area contributed by atoms with Gasteiger partial charge in [-0.3, -0.25) is 4.79 Å². The third-order valence-corrected chi connectivity index (χ3v) is 7.15. The van der Waals surface area contributed by atoms with Gasteiger partial charge < -0.3 is 15.5 Å². The number of hydrogen-bond donors (Lipinski definition) is 2. The van der Waals surface area contributed by atoms with E-state index in [9.17, 15) is 14.0 Å². The second-order valence-electron chi connectivity index (χ2n) is 9.93. The van der Waals surface area contributed by atoms with Gasteiger partial charge in [0, 0.05) is 34.7 Å². The molecular weight excluding hydrogens is 543 g/mol. The molecule has 0 saturated carbocycles. The zero-order valence-corrected chi connectivity index (χ0v) is 23.3. The molecule has 0 spiro atoms. The van der Waals surface area contributed by atoms with E-state index in [0.29, 0.717) is 40.5 Å². The SMILES string of the molecule is CCCCC[C@H](N)C(=O)Oc1cc(F)ccc1-c1cc(=O)[nH]c2c(-c3ccc(Cl)cc3)c(Cc3ccccc3)nn12. The number of hydrogen-bond acceptors (Lipinski definition) is 5. The van der Waals surface area contributed by atoms with Gasteiger partial charge in [-0.15, -0.1) is 0 Å². The number of benzene rings is 3. The highest BCUT2D eigenvalue weighted by Crippen LogP contribution is 2.35. The van der Waals surface area contributed by atoms with Crippen LogP contribution in [0.5, 0.6) is 5.75 Å². The van der Waals surface area contributed by atoms with E-state index in [4.69, 9.17) is 27.2 Å². The van der Waals surface area contributed by atoms with E-state index in [1.807, 2.05) is 42.5 Å². The Hall–Kier alpha value is -4.27. The van der Waals surface area contributed by atoms with E-state index in [2.05, 4.69) is 11.9 Å². The van der Waals surface area contributed by atoms with E-state index in [0.717, 1.165) is 42.0 Å². The maximum absolute atomic E-state index is 14.4. The molecule has 41 heavy (non-hydrogen) atoms. The van der Waals surface area contributed by atoms with E-state index in [1.54, 1.807) is 16.6 Å². The van der Waals surface area contributed by atoms with Crippen LogP contribution in [0.2, 0.25) is 5.02 Å². The summed E-state index contributed by atoms with van der Waals surface area (Å²) in [6, 6.07) is 21.5. The first-order valence-electron chi connectivity index (χ1n) is 13.6. The lowest BCUT2D eigenvalue weighted by atomic mass is 10.0. The van der Waals surface area contributed by atoms with Gasteiger partial charge in [-0.2, -0.15) is 5.10 Å². The van der Waals surface area contributed by atoms with E-state index >= 15 is 0 Å². The highest BCUT2D eigenvalue weighted by molar-refractivity contribution is 6.30. The Bertz CT molecular complexity index is 1730. The van der Waals surface area contributed by atoms with E-state index in [1.165, 1.54) is 18.2 Å². The van der Waals surface area contributed by atoms with E-state index in [-0.39, 0.29) is 5.75 Å². The molecule has 2 aromatic heterocycles. The van der Waals surface area contributed by atoms with Crippen molar-refractivity contribution in [1.29, 1.82) is 0 Å². The predicted octanol–water partition coefficient (Wildman–Crippen LogP) is 6.55. The van der Waals surface area contributed by atoms with Crippen molar-refractivity contribution in [2.75, 3.05) is 0 Å². The number of unbranched alkanes of at least 4 members (excludes halogenated alkanes) is 2. The summed E-state index contributed by atoms with van der Waals surface area (Å²) in [5, 5.41) is 5.48. The van der Waals surface area contributed by atoms with Crippen molar-refractivity contribution in [2.45, 2.75) is 45.1 Å². The van der Waals surface area contributed by atoms with Crippen LogP contribution < -0.4 is 16.0 Å². The molecule has 1 atom stereocenters. The number of nitrogens with zero attached hydrogens (tertiary/aromatic N) is 2. The maximum atomic E-state index is 14.4. The largest absolute Gasteiger partial charge is 0.425 e. The smallest absolute Gasteiger partial charge is 0.328 e. The molecule has 5 rings (SSSR count). The molecule has 3 aromatic carbocycles. The highest BCUT2D eigenvalue weighted by atomic mass is 35.5. The summed E-state index contributed by atoms with van der Waals surface area (Å²) in [4.78, 5) is 28.8. The van der Waals surface area contributed by atoms with Crippen LogP contribution in [-0.2, 0) is 11.2 Å². The van der Waals surface area contributed by atoms with Gasteiger partial charge >= 0.3 is 5.97 Å². The summed E-state index contributed by atoms with van der Waals surface area (Å²) >= 11 is 6.16. The number of nitrogens with one attached hydrogen (secondary N) is 1. The van der Waals surface area contributed by atoms with Crippen LogP contribution >= 0.6 is 11.6 Å². The number of esters is 1. The number of aromatic amines is 1. The average Bonchev–Trinajstić information content (AvgIpc) is 3.31. The zero-order valence-electron chi connectivity index (χ0n) is 22.6. The van der Waals surface area contributed by atoms with Crippen LogP contribution in [0, 0.1) is 5.82 Å². The zero-order chi connectivity index (χ0) is 28.9. The lowest BCUT2D eigenvalue weighted by Crippen LogP contribution is -2.34. The molecule has 0 saturated heterocycles. The molecule has 0 unspecified atom stereocenters. The van der Waals surface area contributed by atoms with Crippen LogP contribution in [0.4, 0.5) is 4.39 Å². The summed E-state index contributed by atoms with van der Waals surface area (Å²) in [5.41, 5.74) is 10.1. The Morgan fingerprint density at radius 3 is 2.56 bits per heavy atom. The van der Waals surface area contributed by atoms with Crippen molar-refractivity contribution < 1.29 is 13.9 Å². The number of fused-ring (bicyclic) bond motifs is 1. The molecule has 210 valence electrons. The molecule has 0 aliphatic carbocycles. The fourth-order valence-corrected chi connectivity index (χ4v) is 4.95. The monoisotopic (exact) mass is 572 g/mol. The molecule has 7 nitrogen and oxygen atoms in total. The summed E-state index contributed by atoms with van der Waals surface area (Å²) < 4.78 is 21.6. The lowest BCUT2D eigenvalue weighted by molar-refractivity contribution is -0.136. The van der Waals surface area contributed by atoms with Crippen LogP contribution in [0.1, 0.15) is 43.9 Å². The number of nitrogens with two attached hydrogens (primary N) is 1. The van der Waals surface area contributed by atoms with Gasteiger partial charge in [0.25, 0.3) is 5.56 Å². The highest BCUT2D eigenvalue weighted by Gasteiger charge is 2.23. The van der Waals surface area contributed by atoms with Crippen molar-refractivity contribution in [3.05, 3.63) is 111 Å². The van der Waals surface area contributed by atoms with Crippen LogP contribution in [0.3, 0.4) is 0 Å². The Balaban J connectivity index is 1.65. The van der Waals surface area contributed by atoms with Crippen molar-refractivity contribution in [1.82, 2.24) is 14.6 Å². The fourth-order valence-electron chi connectivity index (χ4n) is 4.82. The number of carbonyl (C=O) groups is 1. The Labute approximate surface area is 241 Å². The minimum atomic E-state index is -0.851. The normalized spacial score (nSPS) is 12.0. The van der Waals surface area contributed by atoms with Crippen LogP contribution in [-0.4, -0.2) is 26.6 Å². The summed E-state index contributed by atoms with van der Waals surface area (Å²) in [6.07, 6.45) is 3.65. The number of H-pyrrole nitrogens is 1.